The van der Waals surface area contributed by atoms with Crippen molar-refractivity contribution in [1.82, 2.24) is 9.78 Å². The van der Waals surface area contributed by atoms with Crippen molar-refractivity contribution in [2.75, 3.05) is 13.7 Å². The maximum atomic E-state index is 11.3. The molecule has 1 heterocycles. The van der Waals surface area contributed by atoms with Crippen LogP contribution in [0.1, 0.15) is 11.4 Å². The Balaban J connectivity index is 3.15. The third-order valence-corrected chi connectivity index (χ3v) is 3.27. The van der Waals surface area contributed by atoms with Gasteiger partial charge in [-0.3, -0.25) is 4.68 Å². The van der Waals surface area contributed by atoms with Gasteiger partial charge < -0.3 is 4.74 Å². The molecule has 0 spiro atoms. The Labute approximate surface area is 89.1 Å². The molecule has 0 amide bonds. The number of rotatable bonds is 4. The molecule has 0 unspecified atom stereocenters. The number of nitrogens with two attached hydrogens (primary N) is 1. The van der Waals surface area contributed by atoms with E-state index in [0.29, 0.717) is 24.5 Å². The Bertz CT molecular complexity index is 450. The summed E-state index contributed by atoms with van der Waals surface area (Å²) < 4.78 is 29.0. The van der Waals surface area contributed by atoms with Crippen molar-refractivity contribution in [2.24, 2.45) is 5.14 Å². The van der Waals surface area contributed by atoms with Crippen LogP contribution in [0.3, 0.4) is 0 Å². The molecule has 0 aliphatic carbocycles. The predicted molar refractivity (Wildman–Crippen MR) is 55.0 cm³/mol. The van der Waals surface area contributed by atoms with Crippen LogP contribution in [0.4, 0.5) is 0 Å². The zero-order chi connectivity index (χ0) is 11.6. The third-order valence-electron chi connectivity index (χ3n) is 2.11. The average Bonchev–Trinajstić information content (AvgIpc) is 2.36. The zero-order valence-electron chi connectivity index (χ0n) is 9.02. The van der Waals surface area contributed by atoms with Gasteiger partial charge in [-0.1, -0.05) is 0 Å². The molecule has 86 valence electrons. The van der Waals surface area contributed by atoms with Crippen molar-refractivity contribution >= 4 is 10.0 Å². The Morgan fingerprint density at radius 1 is 1.47 bits per heavy atom. The van der Waals surface area contributed by atoms with Crippen LogP contribution in [-0.2, 0) is 21.3 Å². The smallest absolute Gasteiger partial charge is 0.241 e. The number of ether oxygens (including phenoxy) is 1. The first-order valence-corrected chi connectivity index (χ1v) is 5.98. The van der Waals surface area contributed by atoms with E-state index in [9.17, 15) is 8.42 Å². The molecule has 1 rings (SSSR count). The van der Waals surface area contributed by atoms with Crippen molar-refractivity contribution in [1.29, 1.82) is 0 Å². The second-order valence-electron chi connectivity index (χ2n) is 3.26. The van der Waals surface area contributed by atoms with Crippen LogP contribution >= 0.6 is 0 Å². The lowest BCUT2D eigenvalue weighted by Crippen LogP contribution is -2.15. The Morgan fingerprint density at radius 2 is 2.07 bits per heavy atom. The summed E-state index contributed by atoms with van der Waals surface area (Å²) in [5.41, 5.74) is 0.971. The fraction of sp³-hybridized carbons (Fsp3) is 0.625. The molecule has 0 saturated heterocycles. The lowest BCUT2D eigenvalue weighted by Gasteiger charge is -2.03. The van der Waals surface area contributed by atoms with E-state index >= 15 is 0 Å². The summed E-state index contributed by atoms with van der Waals surface area (Å²) in [4.78, 5) is 0.110. The standard InChI is InChI=1S/C8H15N3O3S/c1-6-8(15(9,12)13)7(2)11(10-6)4-5-14-3/h4-5H2,1-3H3,(H2,9,12,13). The Kier molecular flexibility index (Phi) is 3.48. The maximum absolute atomic E-state index is 11.3. The topological polar surface area (TPSA) is 87.2 Å². The molecule has 2 N–H and O–H groups in total. The molecule has 0 bridgehead atoms. The molecule has 0 atom stereocenters. The summed E-state index contributed by atoms with van der Waals surface area (Å²) in [6.45, 7) is 4.29. The first kappa shape index (κ1) is 12.2. The minimum absolute atomic E-state index is 0.110. The quantitative estimate of drug-likeness (QED) is 0.779. The van der Waals surface area contributed by atoms with Gasteiger partial charge in [0, 0.05) is 7.11 Å². The molecular formula is C8H15N3O3S. The molecule has 0 fully saturated rings. The highest BCUT2D eigenvalue weighted by atomic mass is 32.2. The van der Waals surface area contributed by atoms with Gasteiger partial charge in [0.05, 0.1) is 24.5 Å². The molecular weight excluding hydrogens is 218 g/mol. The summed E-state index contributed by atoms with van der Waals surface area (Å²) in [6.07, 6.45) is 0. The van der Waals surface area contributed by atoms with Crippen LogP contribution in [-0.4, -0.2) is 31.9 Å². The van der Waals surface area contributed by atoms with Gasteiger partial charge >= 0.3 is 0 Å². The number of primary sulfonamides is 1. The van der Waals surface area contributed by atoms with Crippen LogP contribution in [0, 0.1) is 13.8 Å². The van der Waals surface area contributed by atoms with Crippen LogP contribution in [0.2, 0.25) is 0 Å². The molecule has 0 radical (unpaired) electrons. The van der Waals surface area contributed by atoms with E-state index < -0.39 is 10.0 Å². The molecule has 0 aromatic carbocycles. The molecule has 0 aliphatic rings. The largest absolute Gasteiger partial charge is 0.383 e. The summed E-state index contributed by atoms with van der Waals surface area (Å²) in [6, 6.07) is 0. The fourth-order valence-corrected chi connectivity index (χ4v) is 2.46. The number of aromatic nitrogens is 2. The highest BCUT2D eigenvalue weighted by Gasteiger charge is 2.20. The van der Waals surface area contributed by atoms with Gasteiger partial charge in [-0.25, -0.2) is 13.6 Å². The second-order valence-corrected chi connectivity index (χ2v) is 4.76. The Hall–Kier alpha value is -0.920. The first-order valence-electron chi connectivity index (χ1n) is 4.43. The molecule has 0 saturated carbocycles. The maximum Gasteiger partial charge on any atom is 0.241 e. The van der Waals surface area contributed by atoms with E-state index in [1.165, 1.54) is 0 Å². The van der Waals surface area contributed by atoms with Crippen molar-refractivity contribution in [3.8, 4) is 0 Å². The van der Waals surface area contributed by atoms with Crippen molar-refractivity contribution < 1.29 is 13.2 Å². The van der Waals surface area contributed by atoms with Gasteiger partial charge in [-0.15, -0.1) is 0 Å². The van der Waals surface area contributed by atoms with Crippen molar-refractivity contribution in [2.45, 2.75) is 25.3 Å². The normalized spacial score (nSPS) is 12.0. The van der Waals surface area contributed by atoms with Crippen molar-refractivity contribution in [3.63, 3.8) is 0 Å². The van der Waals surface area contributed by atoms with Crippen LogP contribution < -0.4 is 5.14 Å². The van der Waals surface area contributed by atoms with Gasteiger partial charge in [0.1, 0.15) is 4.90 Å². The van der Waals surface area contributed by atoms with Crippen LogP contribution in [0.25, 0.3) is 0 Å². The predicted octanol–water partition coefficient (Wildman–Crippen LogP) is -0.206. The number of methoxy groups -OCH3 is 1. The van der Waals surface area contributed by atoms with Gasteiger partial charge in [-0.2, -0.15) is 5.10 Å². The first-order chi connectivity index (χ1) is 6.88. The lowest BCUT2D eigenvalue weighted by atomic mass is 10.4. The van der Waals surface area contributed by atoms with E-state index in [4.69, 9.17) is 9.88 Å². The van der Waals surface area contributed by atoms with Gasteiger partial charge in [-0.05, 0) is 13.8 Å². The average molecular weight is 233 g/mol. The highest BCUT2D eigenvalue weighted by molar-refractivity contribution is 7.89. The molecule has 1 aromatic heterocycles. The minimum Gasteiger partial charge on any atom is -0.383 e. The minimum atomic E-state index is -3.69. The van der Waals surface area contributed by atoms with E-state index in [1.807, 2.05) is 0 Å². The zero-order valence-corrected chi connectivity index (χ0v) is 9.84. The summed E-state index contributed by atoms with van der Waals surface area (Å²) in [7, 11) is -2.12. The summed E-state index contributed by atoms with van der Waals surface area (Å²) >= 11 is 0. The number of hydrogen-bond acceptors (Lipinski definition) is 4. The molecule has 6 nitrogen and oxygen atoms in total. The Morgan fingerprint density at radius 3 is 2.47 bits per heavy atom. The van der Waals surface area contributed by atoms with E-state index in [0.717, 1.165) is 0 Å². The molecule has 1 aromatic rings. The second kappa shape index (κ2) is 4.30. The summed E-state index contributed by atoms with van der Waals surface area (Å²) in [5.74, 6) is 0. The number of hydrogen-bond donors (Lipinski definition) is 1. The van der Waals surface area contributed by atoms with Crippen LogP contribution in [0.15, 0.2) is 4.90 Å². The summed E-state index contributed by atoms with van der Waals surface area (Å²) in [5, 5.41) is 9.18. The lowest BCUT2D eigenvalue weighted by molar-refractivity contribution is 0.182. The van der Waals surface area contributed by atoms with E-state index in [2.05, 4.69) is 5.10 Å². The fourth-order valence-electron chi connectivity index (χ4n) is 1.49. The van der Waals surface area contributed by atoms with Gasteiger partial charge in [0.25, 0.3) is 0 Å². The van der Waals surface area contributed by atoms with Crippen LogP contribution in [0.5, 0.6) is 0 Å². The number of sulfonamides is 1. The monoisotopic (exact) mass is 233 g/mol. The van der Waals surface area contributed by atoms with Crippen molar-refractivity contribution in [3.05, 3.63) is 11.4 Å². The number of nitrogens with zero attached hydrogens (tertiary/aromatic N) is 2. The van der Waals surface area contributed by atoms with E-state index in [1.54, 1.807) is 25.6 Å². The van der Waals surface area contributed by atoms with Gasteiger partial charge in [0.15, 0.2) is 0 Å². The number of aryl methyl sites for hydroxylation is 1. The SMILES string of the molecule is COCCn1nc(C)c(S(N)(=O)=O)c1C. The van der Waals surface area contributed by atoms with E-state index in [-0.39, 0.29) is 4.90 Å². The highest BCUT2D eigenvalue weighted by Crippen LogP contribution is 2.17. The molecule has 15 heavy (non-hydrogen) atoms. The molecule has 7 heteroatoms. The van der Waals surface area contributed by atoms with Gasteiger partial charge in [0.2, 0.25) is 10.0 Å². The third kappa shape index (κ3) is 2.55. The molecule has 0 aliphatic heterocycles.